The van der Waals surface area contributed by atoms with E-state index in [1.807, 2.05) is 26.8 Å². The van der Waals surface area contributed by atoms with Crippen LogP contribution in [0.25, 0.3) is 0 Å². The molecule has 0 radical (unpaired) electrons. The van der Waals surface area contributed by atoms with Crippen LogP contribution in [0.4, 0.5) is 0 Å². The van der Waals surface area contributed by atoms with Crippen molar-refractivity contribution in [2.24, 2.45) is 22.7 Å². The average molecular weight is 489 g/mol. The summed E-state index contributed by atoms with van der Waals surface area (Å²) in [5.41, 5.74) is -4.21. The monoisotopic (exact) mass is 488 g/mol. The van der Waals surface area contributed by atoms with Gasteiger partial charge in [-0.2, -0.15) is 0 Å². The van der Waals surface area contributed by atoms with E-state index >= 15 is 0 Å². The van der Waals surface area contributed by atoms with E-state index < -0.39 is 45.8 Å². The second-order valence-corrected chi connectivity index (χ2v) is 12.7. The van der Waals surface area contributed by atoms with Crippen LogP contribution in [0, 0.1) is 22.7 Å². The second-order valence-electron chi connectivity index (χ2n) is 12.7. The summed E-state index contributed by atoms with van der Waals surface area (Å²) in [6, 6.07) is 0. The van der Waals surface area contributed by atoms with E-state index in [0.717, 1.165) is 11.1 Å². The number of aliphatic hydroxyl groups excluding tert-OH is 1. The molecule has 35 heavy (non-hydrogen) atoms. The third-order valence-corrected chi connectivity index (χ3v) is 11.4. The number of carbonyl (C=O) groups is 2. The summed E-state index contributed by atoms with van der Waals surface area (Å²) in [4.78, 5) is 25.7. The summed E-state index contributed by atoms with van der Waals surface area (Å²) in [7, 11) is 0. The van der Waals surface area contributed by atoms with Crippen LogP contribution in [-0.2, 0) is 14.3 Å². The van der Waals surface area contributed by atoms with Gasteiger partial charge in [-0.3, -0.25) is 4.79 Å². The molecule has 1 heterocycles. The fraction of sp³-hybridized carbons (Fsp3) is 0.786. The Morgan fingerprint density at radius 2 is 1.71 bits per heavy atom. The van der Waals surface area contributed by atoms with E-state index in [4.69, 9.17) is 4.74 Å². The first-order valence-electron chi connectivity index (χ1n) is 13.1. The van der Waals surface area contributed by atoms with Crippen molar-refractivity contribution < 1.29 is 34.8 Å². The summed E-state index contributed by atoms with van der Waals surface area (Å²) in [6.45, 7) is 8.90. The maximum Gasteiger partial charge on any atom is 0.334 e. The number of ketones is 1. The van der Waals surface area contributed by atoms with Crippen molar-refractivity contribution in [1.82, 2.24) is 0 Å². The molecule has 3 fully saturated rings. The Balaban J connectivity index is 1.53. The first-order valence-corrected chi connectivity index (χ1v) is 13.1. The number of ether oxygens (including phenoxy) is 1. The molecule has 7 nitrogen and oxygen atoms in total. The van der Waals surface area contributed by atoms with Gasteiger partial charge >= 0.3 is 5.97 Å². The van der Waals surface area contributed by atoms with Crippen molar-refractivity contribution in [3.63, 3.8) is 0 Å². The number of fused-ring (bicyclic) bond motifs is 5. The van der Waals surface area contributed by atoms with Crippen LogP contribution in [0.2, 0.25) is 0 Å². The highest BCUT2D eigenvalue weighted by molar-refractivity contribution is 5.90. The van der Waals surface area contributed by atoms with Gasteiger partial charge in [0.15, 0.2) is 0 Å². The summed E-state index contributed by atoms with van der Waals surface area (Å²) >= 11 is 0. The minimum atomic E-state index is -1.78. The van der Waals surface area contributed by atoms with Gasteiger partial charge in [0, 0.05) is 23.8 Å². The number of cyclic esters (lactones) is 1. The fourth-order valence-corrected chi connectivity index (χ4v) is 8.74. The SMILES string of the molecule is CC1=C(C)C(=O)O[C@@H]([C@](C)(O)[C@]2(O)CC[C@@]3(O)[C@@H]4CC=C5C[C@@H](O)CC(=O)[C@]5(C)[C@H]4CC[C@]23C)C1. The maximum atomic E-state index is 13.2. The van der Waals surface area contributed by atoms with Crippen LogP contribution in [0.3, 0.4) is 0 Å². The first kappa shape index (κ1) is 25.1. The van der Waals surface area contributed by atoms with E-state index in [1.54, 1.807) is 6.92 Å². The number of hydrogen-bond acceptors (Lipinski definition) is 7. The molecule has 0 aromatic heterocycles. The summed E-state index contributed by atoms with van der Waals surface area (Å²) in [5, 5.41) is 46.7. The molecule has 5 aliphatic rings. The standard InChI is InChI=1S/C28H40O7/c1-15-12-22(35-23(31)16(15)2)26(5,32)28(34)11-10-27(33)20-7-6-17-13-18(29)14-21(30)25(17,4)19(20)8-9-24(27,28)3/h6,18-20,22,29,32-34H,7-14H2,1-5H3/t18-,19+,20-,22-,24+,25+,26+,27-,28+/m1/s1. The molecule has 0 bridgehead atoms. The average Bonchev–Trinajstić information content (AvgIpc) is 3.01. The van der Waals surface area contributed by atoms with Crippen molar-refractivity contribution in [3.05, 3.63) is 22.8 Å². The van der Waals surface area contributed by atoms with Gasteiger partial charge in [-0.15, -0.1) is 0 Å². The Labute approximate surface area is 207 Å². The Morgan fingerprint density at radius 3 is 2.37 bits per heavy atom. The zero-order valence-electron chi connectivity index (χ0n) is 21.6. The van der Waals surface area contributed by atoms with Gasteiger partial charge < -0.3 is 25.2 Å². The number of allylic oxidation sites excluding steroid dienone is 1. The highest BCUT2D eigenvalue weighted by atomic mass is 16.6. The molecule has 0 aromatic carbocycles. The molecule has 0 spiro atoms. The number of rotatable bonds is 2. The zero-order valence-corrected chi connectivity index (χ0v) is 21.6. The molecule has 0 amide bonds. The number of Topliss-reactive ketones (excluding diaryl/α,β-unsaturated/α-hetero) is 1. The molecule has 9 atom stereocenters. The lowest BCUT2D eigenvalue weighted by Gasteiger charge is -2.63. The zero-order chi connectivity index (χ0) is 25.8. The van der Waals surface area contributed by atoms with Crippen molar-refractivity contribution in [2.75, 3.05) is 0 Å². The molecule has 1 aliphatic heterocycles. The molecule has 5 rings (SSSR count). The van der Waals surface area contributed by atoms with Crippen molar-refractivity contribution in [2.45, 2.75) is 115 Å². The lowest BCUT2D eigenvalue weighted by atomic mass is 9.44. The third-order valence-electron chi connectivity index (χ3n) is 11.4. The first-order chi connectivity index (χ1) is 16.1. The lowest BCUT2D eigenvalue weighted by molar-refractivity contribution is -0.279. The predicted octanol–water partition coefficient (Wildman–Crippen LogP) is 2.74. The molecule has 4 aliphatic carbocycles. The van der Waals surface area contributed by atoms with E-state index in [-0.39, 0.29) is 30.5 Å². The number of hydrogen-bond donors (Lipinski definition) is 4. The van der Waals surface area contributed by atoms with Crippen molar-refractivity contribution in [3.8, 4) is 0 Å². The Hall–Kier alpha value is -1.54. The summed E-state index contributed by atoms with van der Waals surface area (Å²) in [5.74, 6) is -0.804. The number of carbonyl (C=O) groups excluding carboxylic acids is 2. The topological polar surface area (TPSA) is 124 Å². The van der Waals surface area contributed by atoms with Crippen LogP contribution in [-0.4, -0.2) is 61.2 Å². The normalized spacial score (nSPS) is 49.5. The van der Waals surface area contributed by atoms with Gasteiger partial charge in [0.25, 0.3) is 0 Å². The van der Waals surface area contributed by atoms with Gasteiger partial charge in [0.05, 0.1) is 17.1 Å². The van der Waals surface area contributed by atoms with Gasteiger partial charge in [0.1, 0.15) is 23.1 Å². The van der Waals surface area contributed by atoms with Gasteiger partial charge in [-0.25, -0.2) is 4.79 Å². The van der Waals surface area contributed by atoms with E-state index in [9.17, 15) is 30.0 Å². The molecule has 7 heteroatoms. The highest BCUT2D eigenvalue weighted by Gasteiger charge is 2.76. The van der Waals surface area contributed by atoms with E-state index in [1.165, 1.54) is 6.92 Å². The molecule has 0 unspecified atom stereocenters. The molecule has 0 saturated heterocycles. The van der Waals surface area contributed by atoms with Gasteiger partial charge in [-0.05, 0) is 78.1 Å². The maximum absolute atomic E-state index is 13.2. The molecule has 4 N–H and O–H groups in total. The van der Waals surface area contributed by atoms with Crippen LogP contribution >= 0.6 is 0 Å². The summed E-state index contributed by atoms with van der Waals surface area (Å²) < 4.78 is 5.62. The lowest BCUT2D eigenvalue weighted by Crippen LogP contribution is -2.72. The number of aliphatic hydroxyl groups is 4. The fourth-order valence-electron chi connectivity index (χ4n) is 8.74. The van der Waals surface area contributed by atoms with E-state index in [2.05, 4.69) is 0 Å². The molecular formula is C28H40O7. The minimum Gasteiger partial charge on any atom is -0.455 e. The molecular weight excluding hydrogens is 448 g/mol. The van der Waals surface area contributed by atoms with Gasteiger partial charge in [-0.1, -0.05) is 24.1 Å². The number of esters is 1. The highest BCUT2D eigenvalue weighted by Crippen LogP contribution is 2.70. The molecule has 194 valence electrons. The van der Waals surface area contributed by atoms with Gasteiger partial charge in [0.2, 0.25) is 0 Å². The minimum absolute atomic E-state index is 0.0245. The van der Waals surface area contributed by atoms with Crippen molar-refractivity contribution >= 4 is 11.8 Å². The second kappa shape index (κ2) is 7.50. The van der Waals surface area contributed by atoms with E-state index in [0.29, 0.717) is 44.1 Å². The van der Waals surface area contributed by atoms with Crippen LogP contribution in [0.15, 0.2) is 22.8 Å². The third kappa shape index (κ3) is 2.93. The Morgan fingerprint density at radius 1 is 1.03 bits per heavy atom. The largest absolute Gasteiger partial charge is 0.455 e. The van der Waals surface area contributed by atoms with Crippen LogP contribution in [0.5, 0.6) is 0 Å². The van der Waals surface area contributed by atoms with Crippen LogP contribution < -0.4 is 0 Å². The Bertz CT molecular complexity index is 1040. The summed E-state index contributed by atoms with van der Waals surface area (Å²) in [6.07, 6.45) is 3.50. The quantitative estimate of drug-likeness (QED) is 0.348. The van der Waals surface area contributed by atoms with Crippen molar-refractivity contribution in [1.29, 1.82) is 0 Å². The predicted molar refractivity (Wildman–Crippen MR) is 128 cm³/mol. The Kier molecular flexibility index (Phi) is 5.38. The molecule has 0 aromatic rings. The smallest absolute Gasteiger partial charge is 0.334 e. The molecule has 3 saturated carbocycles. The van der Waals surface area contributed by atoms with Crippen LogP contribution in [0.1, 0.15) is 86.0 Å².